The Bertz CT molecular complexity index is 571. The predicted molar refractivity (Wildman–Crippen MR) is 82.9 cm³/mol. The fourth-order valence-corrected chi connectivity index (χ4v) is 3.08. The molecule has 1 fully saturated rings. The average Bonchev–Trinajstić information content (AvgIpc) is 2.84. The van der Waals surface area contributed by atoms with Crippen LogP contribution in [0.2, 0.25) is 0 Å². The molecular formula is C17H23N3O. The number of hydrogen-bond donors (Lipinski definition) is 1. The van der Waals surface area contributed by atoms with Crippen LogP contribution in [0.15, 0.2) is 28.8 Å². The molecule has 0 spiro atoms. The number of benzene rings is 1. The Labute approximate surface area is 125 Å². The number of rotatable bonds is 4. The standard InChI is InChI=1S/C17H23N3O/c18-11-10-13-6-5-9-15(12-13)17-19-16(20-21-17)14-7-3-1-2-4-8-14/h5-6,9,12,14H,1-4,7-8,10-11,18H2. The summed E-state index contributed by atoms with van der Waals surface area (Å²) in [6, 6.07) is 8.22. The summed E-state index contributed by atoms with van der Waals surface area (Å²) in [4.78, 5) is 4.64. The zero-order valence-electron chi connectivity index (χ0n) is 12.4. The van der Waals surface area contributed by atoms with Crippen molar-refractivity contribution in [3.63, 3.8) is 0 Å². The Kier molecular flexibility index (Phi) is 4.65. The Morgan fingerprint density at radius 1 is 1.14 bits per heavy atom. The molecule has 1 heterocycles. The van der Waals surface area contributed by atoms with E-state index in [9.17, 15) is 0 Å². The lowest BCUT2D eigenvalue weighted by Crippen LogP contribution is -2.02. The van der Waals surface area contributed by atoms with Crippen LogP contribution in [0.5, 0.6) is 0 Å². The van der Waals surface area contributed by atoms with E-state index in [0.29, 0.717) is 18.4 Å². The molecule has 3 rings (SSSR count). The van der Waals surface area contributed by atoms with Crippen molar-refractivity contribution >= 4 is 0 Å². The van der Waals surface area contributed by atoms with Gasteiger partial charge in [0, 0.05) is 11.5 Å². The van der Waals surface area contributed by atoms with Crippen LogP contribution in [0.4, 0.5) is 0 Å². The third kappa shape index (κ3) is 3.50. The van der Waals surface area contributed by atoms with Crippen LogP contribution in [0.3, 0.4) is 0 Å². The summed E-state index contributed by atoms with van der Waals surface area (Å²) < 4.78 is 5.49. The van der Waals surface area contributed by atoms with Gasteiger partial charge >= 0.3 is 0 Å². The summed E-state index contributed by atoms with van der Waals surface area (Å²) in [5.74, 6) is 1.99. The summed E-state index contributed by atoms with van der Waals surface area (Å²) in [5, 5.41) is 4.22. The highest BCUT2D eigenvalue weighted by Gasteiger charge is 2.20. The first-order valence-corrected chi connectivity index (χ1v) is 8.00. The van der Waals surface area contributed by atoms with E-state index in [2.05, 4.69) is 22.3 Å². The Morgan fingerprint density at radius 2 is 1.95 bits per heavy atom. The maximum Gasteiger partial charge on any atom is 0.257 e. The fraction of sp³-hybridized carbons (Fsp3) is 0.529. The minimum absolute atomic E-state index is 0.470. The van der Waals surface area contributed by atoms with Gasteiger partial charge in [0.25, 0.3) is 5.89 Å². The fourth-order valence-electron chi connectivity index (χ4n) is 3.08. The third-order valence-electron chi connectivity index (χ3n) is 4.27. The molecular weight excluding hydrogens is 262 g/mol. The molecule has 4 heteroatoms. The van der Waals surface area contributed by atoms with Gasteiger partial charge < -0.3 is 10.3 Å². The second-order valence-electron chi connectivity index (χ2n) is 5.89. The van der Waals surface area contributed by atoms with E-state index >= 15 is 0 Å². The number of hydrogen-bond acceptors (Lipinski definition) is 4. The largest absolute Gasteiger partial charge is 0.334 e. The lowest BCUT2D eigenvalue weighted by atomic mass is 10.00. The van der Waals surface area contributed by atoms with Crippen molar-refractivity contribution in [1.29, 1.82) is 0 Å². The van der Waals surface area contributed by atoms with Crippen molar-refractivity contribution in [2.24, 2.45) is 5.73 Å². The SMILES string of the molecule is NCCc1cccc(-c2nc(C3CCCCCC3)no2)c1. The highest BCUT2D eigenvalue weighted by molar-refractivity contribution is 5.54. The molecule has 2 N–H and O–H groups in total. The maximum atomic E-state index is 5.61. The Morgan fingerprint density at radius 3 is 2.71 bits per heavy atom. The van der Waals surface area contributed by atoms with E-state index in [4.69, 9.17) is 10.3 Å². The predicted octanol–water partition coefficient (Wildman–Crippen LogP) is 3.68. The second kappa shape index (κ2) is 6.85. The summed E-state index contributed by atoms with van der Waals surface area (Å²) in [5.41, 5.74) is 7.82. The van der Waals surface area contributed by atoms with Crippen LogP contribution in [0, 0.1) is 0 Å². The van der Waals surface area contributed by atoms with E-state index in [1.54, 1.807) is 0 Å². The molecule has 0 aliphatic heterocycles. The molecule has 1 aromatic carbocycles. The van der Waals surface area contributed by atoms with Gasteiger partial charge in [-0.15, -0.1) is 0 Å². The zero-order valence-corrected chi connectivity index (χ0v) is 12.4. The normalized spacial score (nSPS) is 16.8. The molecule has 1 aliphatic rings. The van der Waals surface area contributed by atoms with E-state index < -0.39 is 0 Å². The van der Waals surface area contributed by atoms with Gasteiger partial charge in [-0.25, -0.2) is 0 Å². The van der Waals surface area contributed by atoms with Crippen LogP contribution in [-0.2, 0) is 6.42 Å². The van der Waals surface area contributed by atoms with Crippen LogP contribution in [0.1, 0.15) is 55.8 Å². The van der Waals surface area contributed by atoms with Crippen molar-refractivity contribution < 1.29 is 4.52 Å². The van der Waals surface area contributed by atoms with Crippen molar-refractivity contribution in [3.8, 4) is 11.5 Å². The van der Waals surface area contributed by atoms with Gasteiger partial charge in [-0.2, -0.15) is 4.98 Å². The maximum absolute atomic E-state index is 5.61. The smallest absolute Gasteiger partial charge is 0.257 e. The van der Waals surface area contributed by atoms with E-state index in [-0.39, 0.29) is 0 Å². The first-order chi connectivity index (χ1) is 10.4. The molecule has 0 radical (unpaired) electrons. The molecule has 0 bridgehead atoms. The van der Waals surface area contributed by atoms with Gasteiger partial charge in [-0.05, 0) is 43.5 Å². The topological polar surface area (TPSA) is 64.9 Å². The summed E-state index contributed by atoms with van der Waals surface area (Å²) in [7, 11) is 0. The van der Waals surface area contributed by atoms with Gasteiger partial charge in [0.15, 0.2) is 5.82 Å². The molecule has 4 nitrogen and oxygen atoms in total. The summed E-state index contributed by atoms with van der Waals surface area (Å²) in [6.07, 6.45) is 8.47. The number of nitrogens with two attached hydrogens (primary N) is 1. The van der Waals surface area contributed by atoms with Crippen molar-refractivity contribution in [1.82, 2.24) is 10.1 Å². The Balaban J connectivity index is 1.79. The van der Waals surface area contributed by atoms with Gasteiger partial charge in [0.1, 0.15) is 0 Å². The molecule has 21 heavy (non-hydrogen) atoms. The summed E-state index contributed by atoms with van der Waals surface area (Å²) >= 11 is 0. The van der Waals surface area contributed by atoms with E-state index in [1.165, 1.54) is 44.1 Å². The second-order valence-corrected chi connectivity index (χ2v) is 5.89. The first-order valence-electron chi connectivity index (χ1n) is 8.00. The summed E-state index contributed by atoms with van der Waals surface area (Å²) in [6.45, 7) is 0.653. The van der Waals surface area contributed by atoms with Gasteiger partial charge in [0.2, 0.25) is 0 Å². The Hall–Kier alpha value is -1.68. The molecule has 0 saturated heterocycles. The van der Waals surface area contributed by atoms with Crippen LogP contribution >= 0.6 is 0 Å². The minimum atomic E-state index is 0.470. The monoisotopic (exact) mass is 285 g/mol. The number of aromatic nitrogens is 2. The lowest BCUT2D eigenvalue weighted by molar-refractivity contribution is 0.410. The van der Waals surface area contributed by atoms with Crippen LogP contribution < -0.4 is 5.73 Å². The molecule has 0 atom stereocenters. The lowest BCUT2D eigenvalue weighted by Gasteiger charge is -2.07. The van der Waals surface area contributed by atoms with Gasteiger partial charge in [-0.1, -0.05) is 43.0 Å². The van der Waals surface area contributed by atoms with Crippen molar-refractivity contribution in [2.75, 3.05) is 6.54 Å². The highest BCUT2D eigenvalue weighted by atomic mass is 16.5. The molecule has 1 aromatic heterocycles. The van der Waals surface area contributed by atoms with Gasteiger partial charge in [0.05, 0.1) is 0 Å². The molecule has 1 saturated carbocycles. The van der Waals surface area contributed by atoms with Crippen molar-refractivity contribution in [2.45, 2.75) is 50.9 Å². The van der Waals surface area contributed by atoms with E-state index in [1.807, 2.05) is 12.1 Å². The average molecular weight is 285 g/mol. The highest BCUT2D eigenvalue weighted by Crippen LogP contribution is 2.31. The molecule has 1 aliphatic carbocycles. The van der Waals surface area contributed by atoms with Crippen molar-refractivity contribution in [3.05, 3.63) is 35.7 Å². The molecule has 0 amide bonds. The van der Waals surface area contributed by atoms with Crippen LogP contribution in [-0.4, -0.2) is 16.7 Å². The number of nitrogens with zero attached hydrogens (tertiary/aromatic N) is 2. The molecule has 0 unspecified atom stereocenters. The zero-order chi connectivity index (χ0) is 14.5. The van der Waals surface area contributed by atoms with Crippen LogP contribution in [0.25, 0.3) is 11.5 Å². The quantitative estimate of drug-likeness (QED) is 0.870. The molecule has 2 aromatic rings. The minimum Gasteiger partial charge on any atom is -0.334 e. The first kappa shape index (κ1) is 14.3. The van der Waals surface area contributed by atoms with Gasteiger partial charge in [-0.3, -0.25) is 0 Å². The van der Waals surface area contributed by atoms with E-state index in [0.717, 1.165) is 17.8 Å². The molecule has 112 valence electrons. The third-order valence-corrected chi connectivity index (χ3v) is 4.27.